The van der Waals surface area contributed by atoms with E-state index in [9.17, 15) is 5.11 Å². The molecule has 0 spiro atoms. The van der Waals surface area contributed by atoms with Gasteiger partial charge in [0.1, 0.15) is 5.60 Å². The smallest absolute Gasteiger partial charge is 0.191 e. The Morgan fingerprint density at radius 3 is 3.08 bits per heavy atom. The third kappa shape index (κ3) is 6.39. The molecule has 7 heteroatoms. The van der Waals surface area contributed by atoms with Crippen molar-refractivity contribution in [1.82, 2.24) is 10.6 Å². The number of rotatable bonds is 9. The molecule has 2 heterocycles. The molecule has 1 aliphatic heterocycles. The summed E-state index contributed by atoms with van der Waals surface area (Å²) in [6.45, 7) is 7.65. The summed E-state index contributed by atoms with van der Waals surface area (Å²) in [5.74, 6) is 0.689. The summed E-state index contributed by atoms with van der Waals surface area (Å²) in [5, 5.41) is 20.9. The van der Waals surface area contributed by atoms with E-state index in [1.54, 1.807) is 18.3 Å². The fraction of sp³-hybridized carbons (Fsp3) is 0.706. The minimum absolute atomic E-state index is 0.257. The van der Waals surface area contributed by atoms with E-state index >= 15 is 0 Å². The second-order valence-corrected chi connectivity index (χ2v) is 6.90. The molecule has 0 saturated carbocycles. The first-order chi connectivity index (χ1) is 11.6. The van der Waals surface area contributed by atoms with Crippen LogP contribution in [-0.4, -0.2) is 56.6 Å². The molecular formula is C17H29N3O3S. The Balaban J connectivity index is 1.71. The predicted octanol–water partition coefficient (Wildman–Crippen LogP) is 1.71. The van der Waals surface area contributed by atoms with Crippen LogP contribution < -0.4 is 10.6 Å². The van der Waals surface area contributed by atoms with Crippen molar-refractivity contribution in [1.29, 1.82) is 0 Å². The van der Waals surface area contributed by atoms with Crippen molar-refractivity contribution in [3.8, 4) is 0 Å². The van der Waals surface area contributed by atoms with E-state index in [0.29, 0.717) is 32.3 Å². The van der Waals surface area contributed by atoms with Crippen molar-refractivity contribution < 1.29 is 14.6 Å². The molecule has 1 aliphatic rings. The Labute approximate surface area is 148 Å². The molecule has 2 atom stereocenters. The molecule has 1 fully saturated rings. The Morgan fingerprint density at radius 1 is 1.54 bits per heavy atom. The van der Waals surface area contributed by atoms with Crippen LogP contribution in [0.2, 0.25) is 0 Å². The van der Waals surface area contributed by atoms with Crippen molar-refractivity contribution >= 4 is 17.3 Å². The Morgan fingerprint density at radius 2 is 2.42 bits per heavy atom. The van der Waals surface area contributed by atoms with E-state index in [1.807, 2.05) is 23.8 Å². The summed E-state index contributed by atoms with van der Waals surface area (Å²) in [7, 11) is 0. The monoisotopic (exact) mass is 355 g/mol. The molecule has 0 radical (unpaired) electrons. The van der Waals surface area contributed by atoms with E-state index in [4.69, 9.17) is 9.47 Å². The average molecular weight is 356 g/mol. The molecule has 0 bridgehead atoms. The third-order valence-electron chi connectivity index (χ3n) is 3.90. The van der Waals surface area contributed by atoms with Gasteiger partial charge in [-0.05, 0) is 49.1 Å². The second-order valence-electron chi connectivity index (χ2n) is 6.12. The van der Waals surface area contributed by atoms with Crippen molar-refractivity contribution in [2.24, 2.45) is 4.99 Å². The molecule has 3 N–H and O–H groups in total. The van der Waals surface area contributed by atoms with Gasteiger partial charge in [-0.3, -0.25) is 0 Å². The SMILES string of the molecule is CCNC(=NCC(C)(O)c1ccsc1)NCCOCC1CCCO1. The molecule has 2 rings (SSSR count). The number of ether oxygens (including phenoxy) is 2. The number of aliphatic imine (C=N–C) groups is 1. The summed E-state index contributed by atoms with van der Waals surface area (Å²) >= 11 is 1.57. The Kier molecular flexibility index (Phi) is 7.98. The zero-order chi connectivity index (χ0) is 17.3. The van der Waals surface area contributed by atoms with Crippen LogP contribution in [0.3, 0.4) is 0 Å². The van der Waals surface area contributed by atoms with Crippen LogP contribution >= 0.6 is 11.3 Å². The number of nitrogens with one attached hydrogen (secondary N) is 2. The molecular weight excluding hydrogens is 326 g/mol. The highest BCUT2D eigenvalue weighted by Crippen LogP contribution is 2.23. The van der Waals surface area contributed by atoms with Crippen LogP contribution in [0.1, 0.15) is 32.3 Å². The highest BCUT2D eigenvalue weighted by Gasteiger charge is 2.23. The van der Waals surface area contributed by atoms with E-state index < -0.39 is 5.60 Å². The van der Waals surface area contributed by atoms with Crippen molar-refractivity contribution in [3.05, 3.63) is 22.4 Å². The van der Waals surface area contributed by atoms with Crippen LogP contribution in [0.5, 0.6) is 0 Å². The van der Waals surface area contributed by atoms with E-state index in [2.05, 4.69) is 15.6 Å². The fourth-order valence-corrected chi connectivity index (χ4v) is 3.25. The van der Waals surface area contributed by atoms with Crippen LogP contribution in [-0.2, 0) is 15.1 Å². The van der Waals surface area contributed by atoms with Gasteiger partial charge in [0.2, 0.25) is 0 Å². The quantitative estimate of drug-likeness (QED) is 0.357. The van der Waals surface area contributed by atoms with Gasteiger partial charge >= 0.3 is 0 Å². The molecule has 0 aliphatic carbocycles. The molecule has 6 nitrogen and oxygen atoms in total. The summed E-state index contributed by atoms with van der Waals surface area (Å²) in [4.78, 5) is 4.49. The van der Waals surface area contributed by atoms with Gasteiger partial charge in [-0.25, -0.2) is 4.99 Å². The zero-order valence-corrected chi connectivity index (χ0v) is 15.4. The van der Waals surface area contributed by atoms with Gasteiger partial charge in [0.05, 0.1) is 25.9 Å². The molecule has 1 aromatic heterocycles. The van der Waals surface area contributed by atoms with Crippen LogP contribution in [0.15, 0.2) is 21.8 Å². The van der Waals surface area contributed by atoms with E-state index in [1.165, 1.54) is 0 Å². The van der Waals surface area contributed by atoms with Crippen molar-refractivity contribution in [3.63, 3.8) is 0 Å². The summed E-state index contributed by atoms with van der Waals surface area (Å²) in [5.41, 5.74) is -0.0643. The molecule has 1 saturated heterocycles. The number of hydrogen-bond acceptors (Lipinski definition) is 5. The van der Waals surface area contributed by atoms with Gasteiger partial charge in [0, 0.05) is 19.7 Å². The normalized spacial score (nSPS) is 20.8. The van der Waals surface area contributed by atoms with Crippen LogP contribution in [0.4, 0.5) is 0 Å². The van der Waals surface area contributed by atoms with Gasteiger partial charge < -0.3 is 25.2 Å². The standard InChI is InChI=1S/C17H29N3O3S/c1-3-18-16(19-7-9-22-11-15-5-4-8-23-15)20-13-17(2,21)14-6-10-24-12-14/h6,10,12,15,21H,3-5,7-9,11,13H2,1-2H3,(H2,18,19,20). The first-order valence-corrected chi connectivity index (χ1v) is 9.52. The molecule has 2 unspecified atom stereocenters. The highest BCUT2D eigenvalue weighted by molar-refractivity contribution is 7.08. The number of thiophene rings is 1. The minimum atomic E-state index is -0.960. The second kappa shape index (κ2) is 9.98. The molecule has 0 amide bonds. The van der Waals surface area contributed by atoms with Crippen LogP contribution in [0.25, 0.3) is 0 Å². The van der Waals surface area contributed by atoms with Gasteiger partial charge in [-0.1, -0.05) is 0 Å². The minimum Gasteiger partial charge on any atom is -0.383 e. The van der Waals surface area contributed by atoms with Crippen molar-refractivity contribution in [2.75, 3.05) is 39.5 Å². The fourth-order valence-electron chi connectivity index (χ4n) is 2.47. The number of aliphatic hydroxyl groups is 1. The topological polar surface area (TPSA) is 75.1 Å². The Bertz CT molecular complexity index is 485. The molecule has 24 heavy (non-hydrogen) atoms. The Hall–Kier alpha value is -1.15. The lowest BCUT2D eigenvalue weighted by atomic mass is 10.00. The zero-order valence-electron chi connectivity index (χ0n) is 14.6. The van der Waals surface area contributed by atoms with Gasteiger partial charge in [-0.2, -0.15) is 11.3 Å². The maximum absolute atomic E-state index is 10.5. The lowest BCUT2D eigenvalue weighted by Gasteiger charge is -2.21. The van der Waals surface area contributed by atoms with Gasteiger partial charge in [0.25, 0.3) is 0 Å². The van der Waals surface area contributed by atoms with Crippen LogP contribution in [0, 0.1) is 0 Å². The molecule has 136 valence electrons. The largest absolute Gasteiger partial charge is 0.383 e. The van der Waals surface area contributed by atoms with Gasteiger partial charge in [-0.15, -0.1) is 0 Å². The lowest BCUT2D eigenvalue weighted by Crippen LogP contribution is -2.40. The van der Waals surface area contributed by atoms with E-state index in [-0.39, 0.29) is 6.10 Å². The average Bonchev–Trinajstić information content (AvgIpc) is 3.25. The number of hydrogen-bond donors (Lipinski definition) is 3. The summed E-state index contributed by atoms with van der Waals surface area (Å²) < 4.78 is 11.2. The number of guanidine groups is 1. The summed E-state index contributed by atoms with van der Waals surface area (Å²) in [6, 6.07) is 1.93. The maximum Gasteiger partial charge on any atom is 0.191 e. The number of nitrogens with zero attached hydrogens (tertiary/aromatic N) is 1. The first-order valence-electron chi connectivity index (χ1n) is 8.58. The highest BCUT2D eigenvalue weighted by atomic mass is 32.1. The lowest BCUT2D eigenvalue weighted by molar-refractivity contribution is 0.0191. The first kappa shape index (κ1) is 19.2. The third-order valence-corrected chi connectivity index (χ3v) is 4.58. The summed E-state index contributed by atoms with van der Waals surface area (Å²) in [6.07, 6.45) is 2.48. The molecule has 0 aromatic carbocycles. The van der Waals surface area contributed by atoms with Gasteiger partial charge in [0.15, 0.2) is 5.96 Å². The van der Waals surface area contributed by atoms with Crippen molar-refractivity contribution in [2.45, 2.75) is 38.4 Å². The van der Waals surface area contributed by atoms with E-state index in [0.717, 1.165) is 31.6 Å². The predicted molar refractivity (Wildman–Crippen MR) is 97.7 cm³/mol. The molecule has 1 aromatic rings. The maximum atomic E-state index is 10.5.